The van der Waals surface area contributed by atoms with Gasteiger partial charge in [0.2, 0.25) is 0 Å². The molecule has 1 aliphatic heterocycles. The van der Waals surface area contributed by atoms with Crippen molar-refractivity contribution in [2.24, 2.45) is 14.1 Å². The lowest BCUT2D eigenvalue weighted by atomic mass is 10.1. The molecule has 5 nitrogen and oxygen atoms in total. The molecule has 0 saturated carbocycles. The summed E-state index contributed by atoms with van der Waals surface area (Å²) in [5.74, 6) is 2.37. The zero-order valence-electron chi connectivity index (χ0n) is 10.8. The van der Waals surface area contributed by atoms with Gasteiger partial charge in [0.15, 0.2) is 0 Å². The number of thioether (sulfide) groups is 1. The second-order valence-electron chi connectivity index (χ2n) is 4.68. The molecule has 0 unspecified atom stereocenters. The van der Waals surface area contributed by atoms with Crippen molar-refractivity contribution in [3.63, 3.8) is 0 Å². The first-order chi connectivity index (χ1) is 8.59. The van der Waals surface area contributed by atoms with Crippen LogP contribution < -0.4 is 16.6 Å². The van der Waals surface area contributed by atoms with Gasteiger partial charge in [-0.3, -0.25) is 9.36 Å². The molecule has 1 aromatic heterocycles. The molecule has 0 amide bonds. The quantitative estimate of drug-likeness (QED) is 0.843. The van der Waals surface area contributed by atoms with Crippen molar-refractivity contribution < 1.29 is 0 Å². The molecule has 2 heterocycles. The van der Waals surface area contributed by atoms with Gasteiger partial charge >= 0.3 is 5.69 Å². The molecule has 18 heavy (non-hydrogen) atoms. The SMILES string of the molecule is Cn1cc(CNC2CCSCC2)c(=O)n(C)c1=O. The van der Waals surface area contributed by atoms with Gasteiger partial charge in [-0.1, -0.05) is 0 Å². The van der Waals surface area contributed by atoms with Crippen LogP contribution in [-0.2, 0) is 20.6 Å². The van der Waals surface area contributed by atoms with Crippen LogP contribution >= 0.6 is 11.8 Å². The van der Waals surface area contributed by atoms with E-state index in [1.165, 1.54) is 23.1 Å². The minimum absolute atomic E-state index is 0.198. The third-order valence-corrected chi connectivity index (χ3v) is 4.37. The summed E-state index contributed by atoms with van der Waals surface area (Å²) < 4.78 is 2.61. The average molecular weight is 269 g/mol. The number of nitrogens with zero attached hydrogens (tertiary/aromatic N) is 2. The Hall–Kier alpha value is -1.01. The molecule has 1 aliphatic rings. The van der Waals surface area contributed by atoms with Gasteiger partial charge in [0, 0.05) is 38.4 Å². The van der Waals surface area contributed by atoms with Crippen LogP contribution in [0, 0.1) is 0 Å². The van der Waals surface area contributed by atoms with E-state index in [-0.39, 0.29) is 11.2 Å². The Kier molecular flexibility index (Phi) is 4.29. The Bertz CT molecular complexity index is 529. The van der Waals surface area contributed by atoms with Gasteiger partial charge in [0.25, 0.3) is 5.56 Å². The third kappa shape index (κ3) is 2.87. The molecule has 1 N–H and O–H groups in total. The third-order valence-electron chi connectivity index (χ3n) is 3.32. The number of hydrogen-bond donors (Lipinski definition) is 1. The van der Waals surface area contributed by atoms with Crippen LogP contribution in [0.5, 0.6) is 0 Å². The fourth-order valence-electron chi connectivity index (χ4n) is 2.16. The highest BCUT2D eigenvalue weighted by Gasteiger charge is 2.14. The smallest absolute Gasteiger partial charge is 0.310 e. The molecule has 0 bridgehead atoms. The largest absolute Gasteiger partial charge is 0.330 e. The van der Waals surface area contributed by atoms with Crippen LogP contribution in [0.1, 0.15) is 18.4 Å². The fraction of sp³-hybridized carbons (Fsp3) is 0.667. The van der Waals surface area contributed by atoms with E-state index in [4.69, 9.17) is 0 Å². The van der Waals surface area contributed by atoms with E-state index >= 15 is 0 Å². The van der Waals surface area contributed by atoms with Gasteiger partial charge in [0.1, 0.15) is 0 Å². The number of aryl methyl sites for hydroxylation is 1. The lowest BCUT2D eigenvalue weighted by molar-refractivity contribution is 0.477. The van der Waals surface area contributed by atoms with E-state index in [0.29, 0.717) is 18.2 Å². The van der Waals surface area contributed by atoms with Crippen molar-refractivity contribution >= 4 is 11.8 Å². The van der Waals surface area contributed by atoms with E-state index in [1.807, 2.05) is 11.8 Å². The number of hydrogen-bond acceptors (Lipinski definition) is 4. The molecule has 0 radical (unpaired) electrons. The molecular formula is C12H19N3O2S. The second-order valence-corrected chi connectivity index (χ2v) is 5.90. The van der Waals surface area contributed by atoms with Crippen LogP contribution in [0.25, 0.3) is 0 Å². The standard InChI is InChI=1S/C12H19N3O2S/c1-14-8-9(11(16)15(2)12(14)17)7-13-10-3-5-18-6-4-10/h8,10,13H,3-7H2,1-2H3. The summed E-state index contributed by atoms with van der Waals surface area (Å²) in [6, 6.07) is 0.494. The number of rotatable bonds is 3. The summed E-state index contributed by atoms with van der Waals surface area (Å²) in [6.45, 7) is 0.538. The van der Waals surface area contributed by atoms with Crippen molar-refractivity contribution in [1.82, 2.24) is 14.5 Å². The Morgan fingerprint density at radius 3 is 2.67 bits per heavy atom. The van der Waals surface area contributed by atoms with Crippen LogP contribution in [0.15, 0.2) is 15.8 Å². The minimum Gasteiger partial charge on any atom is -0.310 e. The lowest BCUT2D eigenvalue weighted by Crippen LogP contribution is -2.41. The highest BCUT2D eigenvalue weighted by atomic mass is 32.2. The number of nitrogens with one attached hydrogen (secondary N) is 1. The van der Waals surface area contributed by atoms with Gasteiger partial charge in [0.05, 0.1) is 0 Å². The highest BCUT2D eigenvalue weighted by molar-refractivity contribution is 7.99. The Morgan fingerprint density at radius 2 is 2.00 bits per heavy atom. The summed E-state index contributed by atoms with van der Waals surface area (Å²) >= 11 is 1.98. The van der Waals surface area contributed by atoms with Gasteiger partial charge < -0.3 is 9.88 Å². The zero-order chi connectivity index (χ0) is 13.1. The van der Waals surface area contributed by atoms with E-state index < -0.39 is 0 Å². The Morgan fingerprint density at radius 1 is 1.33 bits per heavy atom. The van der Waals surface area contributed by atoms with Crippen molar-refractivity contribution in [2.45, 2.75) is 25.4 Å². The van der Waals surface area contributed by atoms with Gasteiger partial charge in [-0.25, -0.2) is 4.79 Å². The zero-order valence-corrected chi connectivity index (χ0v) is 11.6. The molecule has 1 aromatic rings. The summed E-state index contributed by atoms with van der Waals surface area (Å²) in [6.07, 6.45) is 3.93. The summed E-state index contributed by atoms with van der Waals surface area (Å²) in [4.78, 5) is 23.5. The predicted octanol–water partition coefficient (Wildman–Crippen LogP) is 0.0692. The molecule has 1 saturated heterocycles. The van der Waals surface area contributed by atoms with Gasteiger partial charge in [-0.15, -0.1) is 0 Å². The van der Waals surface area contributed by atoms with E-state index in [2.05, 4.69) is 5.32 Å². The average Bonchev–Trinajstić information content (AvgIpc) is 2.40. The van der Waals surface area contributed by atoms with Crippen molar-refractivity contribution in [1.29, 1.82) is 0 Å². The maximum atomic E-state index is 11.9. The van der Waals surface area contributed by atoms with Crippen molar-refractivity contribution in [3.8, 4) is 0 Å². The second kappa shape index (κ2) is 5.75. The molecule has 6 heteroatoms. The molecule has 0 aromatic carbocycles. The maximum absolute atomic E-state index is 11.9. The first kappa shape index (κ1) is 13.4. The highest BCUT2D eigenvalue weighted by Crippen LogP contribution is 2.16. The molecular weight excluding hydrogens is 250 g/mol. The van der Waals surface area contributed by atoms with Crippen LogP contribution in [-0.4, -0.2) is 26.7 Å². The first-order valence-corrected chi connectivity index (χ1v) is 7.31. The van der Waals surface area contributed by atoms with Crippen LogP contribution in [0.4, 0.5) is 0 Å². The fourth-order valence-corrected chi connectivity index (χ4v) is 3.27. The molecule has 2 rings (SSSR count). The summed E-state index contributed by atoms with van der Waals surface area (Å²) in [5.41, 5.74) is 0.173. The molecule has 100 valence electrons. The lowest BCUT2D eigenvalue weighted by Gasteiger charge is -2.22. The molecule has 0 spiro atoms. The first-order valence-electron chi connectivity index (χ1n) is 6.16. The summed E-state index contributed by atoms with van der Waals surface area (Å²) in [5, 5.41) is 3.41. The molecule has 1 fully saturated rings. The van der Waals surface area contributed by atoms with Crippen LogP contribution in [0.2, 0.25) is 0 Å². The van der Waals surface area contributed by atoms with E-state index in [9.17, 15) is 9.59 Å². The monoisotopic (exact) mass is 269 g/mol. The van der Waals surface area contributed by atoms with Gasteiger partial charge in [-0.2, -0.15) is 11.8 Å². The Labute approximate surface area is 110 Å². The van der Waals surface area contributed by atoms with Gasteiger partial charge in [-0.05, 0) is 24.3 Å². The topological polar surface area (TPSA) is 56.0 Å². The van der Waals surface area contributed by atoms with E-state index in [1.54, 1.807) is 13.2 Å². The minimum atomic E-state index is -0.280. The normalized spacial score (nSPS) is 17.0. The predicted molar refractivity (Wildman–Crippen MR) is 74.1 cm³/mol. The van der Waals surface area contributed by atoms with E-state index in [0.717, 1.165) is 17.4 Å². The van der Waals surface area contributed by atoms with Crippen molar-refractivity contribution in [2.75, 3.05) is 11.5 Å². The molecule has 0 atom stereocenters. The number of aromatic nitrogens is 2. The van der Waals surface area contributed by atoms with Crippen molar-refractivity contribution in [3.05, 3.63) is 32.6 Å². The Balaban J connectivity index is 2.10. The molecule has 0 aliphatic carbocycles. The summed E-state index contributed by atoms with van der Waals surface area (Å²) in [7, 11) is 3.19. The maximum Gasteiger partial charge on any atom is 0.330 e. The van der Waals surface area contributed by atoms with Crippen LogP contribution in [0.3, 0.4) is 0 Å².